The summed E-state index contributed by atoms with van der Waals surface area (Å²) in [6.07, 6.45) is 0.0495. The zero-order chi connectivity index (χ0) is 25.7. The molecule has 1 unspecified atom stereocenters. The second-order valence-electron chi connectivity index (χ2n) is 7.08. The molecule has 1 saturated heterocycles. The summed E-state index contributed by atoms with van der Waals surface area (Å²) in [4.78, 5) is 10.8. The fourth-order valence-electron chi connectivity index (χ4n) is 3.14. The zero-order valence-corrected chi connectivity index (χ0v) is 17.0. The molecule has 3 aromatic rings. The molecule has 7 heteroatoms. The molecule has 3 heterocycles. The number of nitrogens with zero attached hydrogens (tertiary/aromatic N) is 4. The molecule has 0 saturated carbocycles. The second-order valence-corrected chi connectivity index (χ2v) is 8.08. The van der Waals surface area contributed by atoms with Gasteiger partial charge in [-0.15, -0.1) is 11.3 Å². The molecule has 1 aromatic carbocycles. The molecule has 1 fully saturated rings. The van der Waals surface area contributed by atoms with Gasteiger partial charge in [-0.2, -0.15) is 5.26 Å². The van der Waals surface area contributed by atoms with Gasteiger partial charge in [0.15, 0.2) is 1.41 Å². The molecule has 1 atom stereocenters. The maximum absolute atomic E-state index is 13.7. The first kappa shape index (κ1) is 13.6. The van der Waals surface area contributed by atoms with Crippen LogP contribution in [0.4, 0.5) is 10.2 Å². The maximum atomic E-state index is 13.7. The highest BCUT2D eigenvalue weighted by Gasteiger charge is 2.21. The minimum Gasteiger partial charge on any atom is -0.367 e. The van der Waals surface area contributed by atoms with Crippen LogP contribution in [0.2, 0.25) is 1.41 Å². The molecule has 1 aliphatic rings. The van der Waals surface area contributed by atoms with Crippen molar-refractivity contribution in [1.29, 1.82) is 5.26 Å². The predicted octanol–water partition coefficient (Wildman–Crippen LogP) is 4.90. The van der Waals surface area contributed by atoms with E-state index in [1.54, 1.807) is 24.8 Å². The highest BCUT2D eigenvalue weighted by Crippen LogP contribution is 2.33. The van der Waals surface area contributed by atoms with Crippen LogP contribution in [0.15, 0.2) is 30.5 Å². The zero-order valence-electron chi connectivity index (χ0n) is 22.2. The third kappa shape index (κ3) is 4.39. The van der Waals surface area contributed by atoms with Crippen LogP contribution >= 0.6 is 11.3 Å². The Morgan fingerprint density at radius 2 is 2.31 bits per heavy atom. The Hall–Kier alpha value is -2.56. The monoisotopic (exact) mass is 415 g/mol. The summed E-state index contributed by atoms with van der Waals surface area (Å²) in [5.41, 5.74) is 0.349. The Bertz CT molecular complexity index is 1310. The van der Waals surface area contributed by atoms with Crippen molar-refractivity contribution in [2.45, 2.75) is 45.1 Å². The number of aromatic nitrogens is 2. The summed E-state index contributed by atoms with van der Waals surface area (Å²) in [7, 11) is 0. The number of nitriles is 1. The van der Waals surface area contributed by atoms with E-state index in [2.05, 4.69) is 9.97 Å². The molecule has 1 aliphatic heterocycles. The van der Waals surface area contributed by atoms with Gasteiger partial charge in [-0.3, -0.25) is 4.90 Å². The summed E-state index contributed by atoms with van der Waals surface area (Å²) in [5, 5.41) is 10.3. The second kappa shape index (κ2) is 8.44. The van der Waals surface area contributed by atoms with E-state index in [-0.39, 0.29) is 42.0 Å². The van der Waals surface area contributed by atoms with Crippen molar-refractivity contribution >= 4 is 27.4 Å². The van der Waals surface area contributed by atoms with E-state index in [1.807, 2.05) is 0 Å². The topological polar surface area (TPSA) is 64.8 Å². The van der Waals surface area contributed by atoms with Crippen molar-refractivity contribution < 1.29 is 12.7 Å². The van der Waals surface area contributed by atoms with E-state index >= 15 is 0 Å². The number of nitrogens with one attached hydrogen (secondary N) is 1. The van der Waals surface area contributed by atoms with Crippen molar-refractivity contribution in [3.8, 4) is 6.07 Å². The van der Waals surface area contributed by atoms with Gasteiger partial charge in [-0.1, -0.05) is 19.9 Å². The van der Waals surface area contributed by atoms with Gasteiger partial charge < -0.3 is 5.31 Å². The molecule has 0 bridgehead atoms. The number of benzene rings is 1. The number of piperidine rings is 1. The predicted molar refractivity (Wildman–Crippen MR) is 115 cm³/mol. The molecule has 1 N–H and O–H groups in total. The van der Waals surface area contributed by atoms with E-state index in [1.165, 1.54) is 18.2 Å². The standard InChI is InChI=1S/C22H24FN5S/c1-14(2)20-10-18-21(25-13-26-22(18)29-20)27-17-5-7-28(8-6-17)12-15-3-4-19(23)16(9-15)11-24/h3-4,9-10,13-14,17H,5-8,12H2,1-2H3,(H,25,26,27)/i10D,12D,13D,14D,17D/hD. The number of rotatable bonds is 5. The number of likely N-dealkylation sites (tertiary alicyclic amines) is 1. The van der Waals surface area contributed by atoms with Crippen LogP contribution in [-0.2, 0) is 6.52 Å². The lowest BCUT2D eigenvalue weighted by Gasteiger charge is -2.32. The highest BCUT2D eigenvalue weighted by atomic mass is 32.1. The van der Waals surface area contributed by atoms with Crippen LogP contribution in [0, 0.1) is 17.1 Å². The SMILES string of the molecule is [2H]c1nc(N([2H])C2([2H])CCN(C([2H])c3ccc(F)c(C#N)c3)CC2)c2c([2H])c(C([2H])(C)C)sc2n1. The molecular weight excluding hydrogens is 385 g/mol. The fraction of sp³-hybridized carbons (Fsp3) is 0.409. The van der Waals surface area contributed by atoms with Gasteiger partial charge in [0.05, 0.1) is 13.7 Å². The normalized spacial score (nSPS) is 21.2. The van der Waals surface area contributed by atoms with E-state index < -0.39 is 24.2 Å². The molecule has 150 valence electrons. The first-order valence-electron chi connectivity index (χ1n) is 12.3. The van der Waals surface area contributed by atoms with Gasteiger partial charge in [0.25, 0.3) is 0 Å². The Kier molecular flexibility index (Phi) is 3.96. The summed E-state index contributed by atoms with van der Waals surface area (Å²) >= 11 is 1.13. The van der Waals surface area contributed by atoms with Crippen LogP contribution in [0.3, 0.4) is 0 Å². The lowest BCUT2D eigenvalue weighted by atomic mass is 10.0. The summed E-state index contributed by atoms with van der Waals surface area (Å²) in [6.45, 7) is 3.06. The van der Waals surface area contributed by atoms with E-state index in [0.717, 1.165) is 16.6 Å². The van der Waals surface area contributed by atoms with Gasteiger partial charge in [0, 0.05) is 33.2 Å². The summed E-state index contributed by atoms with van der Waals surface area (Å²) in [6, 6.07) is 4.40. The number of anilines is 1. The van der Waals surface area contributed by atoms with E-state index in [4.69, 9.17) is 13.5 Å². The fourth-order valence-corrected chi connectivity index (χ4v) is 4.03. The quantitative estimate of drug-likeness (QED) is 0.642. The van der Waals surface area contributed by atoms with E-state index in [9.17, 15) is 4.39 Å². The first-order valence-corrected chi connectivity index (χ1v) is 10.1. The smallest absolute Gasteiger partial charge is 0.162 e. The van der Waals surface area contributed by atoms with Crippen LogP contribution in [0.1, 0.15) is 55.4 Å². The number of hydrogen-bond acceptors (Lipinski definition) is 6. The Morgan fingerprint density at radius 3 is 3.03 bits per heavy atom. The molecule has 0 amide bonds. The van der Waals surface area contributed by atoms with Gasteiger partial charge in [0.2, 0.25) is 0 Å². The maximum Gasteiger partial charge on any atom is 0.162 e. The molecule has 0 aliphatic carbocycles. The summed E-state index contributed by atoms with van der Waals surface area (Å²) in [5.74, 6) is -1.70. The highest BCUT2D eigenvalue weighted by molar-refractivity contribution is 7.18. The molecule has 29 heavy (non-hydrogen) atoms. The molecular formula is C22H24FN5S. The minimum atomic E-state index is -1.42. The Morgan fingerprint density at radius 1 is 1.52 bits per heavy atom. The first-order chi connectivity index (χ1) is 16.4. The number of thiophene rings is 1. The molecule has 0 spiro atoms. The molecule has 2 aromatic heterocycles. The van der Waals surface area contributed by atoms with Crippen molar-refractivity contribution in [3.05, 3.63) is 52.4 Å². The van der Waals surface area contributed by atoms with Crippen LogP contribution in [0.25, 0.3) is 10.2 Å². The van der Waals surface area contributed by atoms with Crippen molar-refractivity contribution in [3.63, 3.8) is 0 Å². The van der Waals surface area contributed by atoms with Gasteiger partial charge >= 0.3 is 0 Å². The van der Waals surface area contributed by atoms with Crippen LogP contribution in [-0.4, -0.2) is 34.0 Å². The average Bonchev–Trinajstić information content (AvgIpc) is 3.15. The molecule has 5 nitrogen and oxygen atoms in total. The number of halogens is 1. The van der Waals surface area contributed by atoms with E-state index in [0.29, 0.717) is 28.4 Å². The number of hydrogen-bond donors (Lipinski definition) is 1. The minimum absolute atomic E-state index is 0.000167. The van der Waals surface area contributed by atoms with Crippen LogP contribution in [0.5, 0.6) is 0 Å². The Balaban J connectivity index is 1.60. The molecule has 4 rings (SSSR count). The third-order valence-electron chi connectivity index (χ3n) is 4.72. The molecule has 0 radical (unpaired) electrons. The van der Waals surface area contributed by atoms with Crippen LogP contribution < -0.4 is 5.31 Å². The lowest BCUT2D eigenvalue weighted by molar-refractivity contribution is 0.211. The average molecular weight is 416 g/mol. The van der Waals surface area contributed by atoms with Crippen molar-refractivity contribution in [1.82, 2.24) is 14.9 Å². The van der Waals surface area contributed by atoms with Crippen molar-refractivity contribution in [2.24, 2.45) is 0 Å². The van der Waals surface area contributed by atoms with Gasteiger partial charge in [-0.25, -0.2) is 14.4 Å². The summed E-state index contributed by atoms with van der Waals surface area (Å²) < 4.78 is 64.9. The van der Waals surface area contributed by atoms with Gasteiger partial charge in [0.1, 0.15) is 30.2 Å². The Labute approximate surface area is 182 Å². The lowest BCUT2D eigenvalue weighted by Crippen LogP contribution is -2.38. The van der Waals surface area contributed by atoms with Gasteiger partial charge in [-0.05, 0) is 42.5 Å². The third-order valence-corrected chi connectivity index (χ3v) is 5.92. The largest absolute Gasteiger partial charge is 0.367 e. The van der Waals surface area contributed by atoms with Crippen molar-refractivity contribution in [2.75, 3.05) is 18.4 Å². The number of fused-ring (bicyclic) bond motifs is 1.